The smallest absolute Gasteiger partial charge is 0.253 e. The molecule has 0 aromatic heterocycles. The van der Waals surface area contributed by atoms with Crippen LogP contribution in [0.3, 0.4) is 0 Å². The molecule has 0 fully saturated rings. The molecule has 0 saturated heterocycles. The van der Waals surface area contributed by atoms with Crippen molar-refractivity contribution in [2.24, 2.45) is 0 Å². The number of hydrogen-bond acceptors (Lipinski definition) is 7. The number of imide groups is 2. The van der Waals surface area contributed by atoms with E-state index in [0.29, 0.717) is 6.54 Å². The molecule has 39 heavy (non-hydrogen) atoms. The summed E-state index contributed by atoms with van der Waals surface area (Å²) in [6, 6.07) is 0. The summed E-state index contributed by atoms with van der Waals surface area (Å²) in [5, 5.41) is 2.79. The van der Waals surface area contributed by atoms with Crippen molar-refractivity contribution in [1.29, 1.82) is 0 Å². The third-order valence-electron chi connectivity index (χ3n) is 5.44. The minimum atomic E-state index is -0.346. The highest BCUT2D eigenvalue weighted by Gasteiger charge is 2.23. The molecule has 11 nitrogen and oxygen atoms in total. The molecule has 0 spiro atoms. The molecule has 5 amide bonds. The Labute approximate surface area is 233 Å². The number of hydrogen-bond donors (Lipinski definition) is 2. The van der Waals surface area contributed by atoms with Crippen LogP contribution in [0.5, 0.6) is 0 Å². The Bertz CT molecular complexity index is 767. The van der Waals surface area contributed by atoms with Gasteiger partial charge in [-0.1, -0.05) is 19.3 Å². The SMILES string of the molecule is C#C.CN1C(=O)C=CC1=O.COCCCCCCNC(=O)CCN1C(=O)C=CC1=O.COCCCCCC[NH3+]. The summed E-state index contributed by atoms with van der Waals surface area (Å²) in [7, 11) is 4.89. The van der Waals surface area contributed by atoms with E-state index < -0.39 is 0 Å². The van der Waals surface area contributed by atoms with Gasteiger partial charge in [0.05, 0.1) is 6.54 Å². The van der Waals surface area contributed by atoms with Crippen molar-refractivity contribution >= 4 is 29.5 Å². The first-order valence-corrected chi connectivity index (χ1v) is 13.2. The van der Waals surface area contributed by atoms with Crippen molar-refractivity contribution in [3.05, 3.63) is 24.3 Å². The largest absolute Gasteiger partial charge is 0.385 e. The van der Waals surface area contributed by atoms with E-state index in [1.165, 1.54) is 57.0 Å². The zero-order valence-corrected chi connectivity index (χ0v) is 23.8. The molecular weight excluding hydrogens is 504 g/mol. The molecule has 2 aliphatic rings. The zero-order valence-electron chi connectivity index (χ0n) is 23.8. The van der Waals surface area contributed by atoms with Crippen LogP contribution >= 0.6 is 0 Å². The molecule has 0 aromatic rings. The number of rotatable bonds is 16. The lowest BCUT2D eigenvalue weighted by Gasteiger charge is -2.13. The molecule has 220 valence electrons. The molecule has 0 aliphatic carbocycles. The van der Waals surface area contributed by atoms with E-state index in [2.05, 4.69) is 23.9 Å². The zero-order chi connectivity index (χ0) is 29.9. The standard InChI is InChI=1S/C14H22N2O4.C7H17NO.C5H5NO2.C2H2/c1-20-11-5-3-2-4-9-15-12(17)8-10-16-13(18)6-7-14(16)19;1-9-7-5-3-2-4-6-8;1-6-4(7)2-3-5(6)8;1-2/h6-7H,2-5,8-11H2,1H3,(H,15,17);2-8H2,1H3;2-3H,1H3;1-2H/p+1. The molecule has 2 rings (SSSR count). The van der Waals surface area contributed by atoms with Gasteiger partial charge in [-0.05, 0) is 32.1 Å². The van der Waals surface area contributed by atoms with Crippen LogP contribution in [-0.4, -0.2) is 93.5 Å². The Morgan fingerprint density at radius 3 is 1.62 bits per heavy atom. The highest BCUT2D eigenvalue weighted by atomic mass is 16.5. The van der Waals surface area contributed by atoms with E-state index in [9.17, 15) is 24.0 Å². The van der Waals surface area contributed by atoms with Crippen LogP contribution in [0.25, 0.3) is 0 Å². The van der Waals surface area contributed by atoms with Gasteiger partial charge in [0.2, 0.25) is 5.91 Å². The first-order chi connectivity index (χ1) is 18.8. The summed E-state index contributed by atoms with van der Waals surface area (Å²) in [4.78, 5) is 57.0. The number of methoxy groups -OCH3 is 2. The molecule has 0 unspecified atom stereocenters. The fourth-order valence-corrected chi connectivity index (χ4v) is 3.16. The predicted molar refractivity (Wildman–Crippen MR) is 149 cm³/mol. The van der Waals surface area contributed by atoms with Gasteiger partial charge in [0, 0.05) is 78.3 Å². The third kappa shape index (κ3) is 20.3. The molecular formula is C28H47N4O7+. The molecule has 0 radical (unpaired) electrons. The lowest BCUT2D eigenvalue weighted by atomic mass is 10.2. The fourth-order valence-electron chi connectivity index (χ4n) is 3.16. The number of ether oxygens (including phenoxy) is 2. The van der Waals surface area contributed by atoms with Crippen LogP contribution in [0.4, 0.5) is 0 Å². The molecule has 0 atom stereocenters. The Hall–Kier alpha value is -3.33. The van der Waals surface area contributed by atoms with Gasteiger partial charge < -0.3 is 20.5 Å². The molecule has 0 aromatic carbocycles. The average molecular weight is 552 g/mol. The van der Waals surface area contributed by atoms with Gasteiger partial charge in [-0.3, -0.25) is 33.8 Å². The minimum Gasteiger partial charge on any atom is -0.385 e. The molecule has 2 heterocycles. The van der Waals surface area contributed by atoms with Crippen molar-refractivity contribution in [3.63, 3.8) is 0 Å². The van der Waals surface area contributed by atoms with Crippen molar-refractivity contribution in [2.75, 3.05) is 54.1 Å². The number of nitrogens with zero attached hydrogens (tertiary/aromatic N) is 2. The van der Waals surface area contributed by atoms with Crippen LogP contribution < -0.4 is 11.1 Å². The second-order valence-electron chi connectivity index (χ2n) is 8.50. The number of carbonyl (C=O) groups is 5. The number of carbonyl (C=O) groups excluding carboxylic acids is 5. The number of terminal acetylenes is 1. The van der Waals surface area contributed by atoms with E-state index in [4.69, 9.17) is 9.47 Å². The number of quaternary nitrogens is 1. The van der Waals surface area contributed by atoms with E-state index in [1.54, 1.807) is 14.2 Å². The number of amides is 5. The van der Waals surface area contributed by atoms with E-state index in [0.717, 1.165) is 55.2 Å². The van der Waals surface area contributed by atoms with Gasteiger partial charge in [0.1, 0.15) is 0 Å². The van der Waals surface area contributed by atoms with E-state index in [1.807, 2.05) is 0 Å². The van der Waals surface area contributed by atoms with Gasteiger partial charge in [-0.2, -0.15) is 0 Å². The maximum absolute atomic E-state index is 11.5. The second-order valence-corrected chi connectivity index (χ2v) is 8.50. The molecule has 4 N–H and O–H groups in total. The van der Waals surface area contributed by atoms with Crippen molar-refractivity contribution in [1.82, 2.24) is 15.1 Å². The van der Waals surface area contributed by atoms with Gasteiger partial charge >= 0.3 is 0 Å². The lowest BCUT2D eigenvalue weighted by molar-refractivity contribution is -0.368. The highest BCUT2D eigenvalue weighted by molar-refractivity contribution is 6.13. The summed E-state index contributed by atoms with van der Waals surface area (Å²) >= 11 is 0. The summed E-state index contributed by atoms with van der Waals surface area (Å²) < 4.78 is 9.86. The number of nitrogens with one attached hydrogen (secondary N) is 1. The average Bonchev–Trinajstić information content (AvgIpc) is 3.42. The Morgan fingerprint density at radius 2 is 1.21 bits per heavy atom. The van der Waals surface area contributed by atoms with Gasteiger partial charge in [0.15, 0.2) is 0 Å². The highest BCUT2D eigenvalue weighted by Crippen LogP contribution is 2.04. The first-order valence-electron chi connectivity index (χ1n) is 13.2. The summed E-state index contributed by atoms with van der Waals surface area (Å²) in [6.07, 6.45) is 22.3. The van der Waals surface area contributed by atoms with Crippen LogP contribution in [0.1, 0.15) is 57.8 Å². The first kappa shape index (κ1) is 37.8. The van der Waals surface area contributed by atoms with Crippen molar-refractivity contribution < 1.29 is 39.2 Å². The van der Waals surface area contributed by atoms with Crippen LogP contribution in [0.2, 0.25) is 0 Å². The fraction of sp³-hybridized carbons (Fsp3) is 0.607. The molecule has 0 saturated carbocycles. The van der Waals surface area contributed by atoms with Crippen molar-refractivity contribution in [2.45, 2.75) is 57.8 Å². The lowest BCUT2D eigenvalue weighted by Crippen LogP contribution is -2.50. The van der Waals surface area contributed by atoms with Crippen LogP contribution in [0.15, 0.2) is 24.3 Å². The monoisotopic (exact) mass is 551 g/mol. The second kappa shape index (κ2) is 26.3. The van der Waals surface area contributed by atoms with E-state index >= 15 is 0 Å². The Kier molecular flexibility index (Phi) is 25.5. The van der Waals surface area contributed by atoms with Gasteiger partial charge in [0.25, 0.3) is 23.6 Å². The van der Waals surface area contributed by atoms with Crippen molar-refractivity contribution in [3.8, 4) is 12.8 Å². The molecule has 0 bridgehead atoms. The summed E-state index contributed by atoms with van der Waals surface area (Å²) in [5.74, 6) is -1.30. The number of unbranched alkanes of at least 4 members (excludes halogenated alkanes) is 6. The molecule has 11 heteroatoms. The van der Waals surface area contributed by atoms with Crippen LogP contribution in [0, 0.1) is 12.8 Å². The third-order valence-corrected chi connectivity index (χ3v) is 5.44. The van der Waals surface area contributed by atoms with E-state index in [-0.39, 0.29) is 42.5 Å². The Morgan fingerprint density at radius 1 is 0.769 bits per heavy atom. The maximum atomic E-state index is 11.5. The summed E-state index contributed by atoms with van der Waals surface area (Å²) in [6.45, 7) is 3.54. The van der Waals surface area contributed by atoms with Gasteiger partial charge in [-0.25, -0.2) is 0 Å². The summed E-state index contributed by atoms with van der Waals surface area (Å²) in [5.41, 5.74) is 3.77. The predicted octanol–water partition coefficient (Wildman–Crippen LogP) is 0.850. The van der Waals surface area contributed by atoms with Gasteiger partial charge in [-0.15, -0.1) is 12.8 Å². The van der Waals surface area contributed by atoms with Crippen LogP contribution in [-0.2, 0) is 33.4 Å². The normalized spacial score (nSPS) is 13.4. The minimum absolute atomic E-state index is 0.130. The molecule has 2 aliphatic heterocycles. The topological polar surface area (TPSA) is 150 Å². The Balaban J connectivity index is 0. The maximum Gasteiger partial charge on any atom is 0.253 e. The number of likely N-dealkylation sites (N-methyl/N-ethyl adjacent to an activating group) is 1. The quantitative estimate of drug-likeness (QED) is 0.164.